The third kappa shape index (κ3) is 7.37. The lowest BCUT2D eigenvalue weighted by Crippen LogP contribution is -2.29. The molecule has 5 nitrogen and oxygen atoms in total. The molecule has 0 aliphatic rings. The standard InChI is InChI=1S/C15H19N3O2S/c1-11-3-5-13(6-4-11)18-15(20)10-21-9-14(19)17-8-12(2)7-16/h3-6,12H,8-10H2,1-2H3,(H,17,19)(H,18,20)/t12-/m0/s1. The van der Waals surface area contributed by atoms with E-state index in [1.165, 1.54) is 11.8 Å². The van der Waals surface area contributed by atoms with E-state index in [0.717, 1.165) is 11.3 Å². The number of carbonyl (C=O) groups excluding carboxylic acids is 2. The number of nitrogens with zero attached hydrogens (tertiary/aromatic N) is 1. The first-order chi connectivity index (χ1) is 10.0. The van der Waals surface area contributed by atoms with Crippen molar-refractivity contribution in [3.05, 3.63) is 29.8 Å². The fourth-order valence-electron chi connectivity index (χ4n) is 1.43. The van der Waals surface area contributed by atoms with Gasteiger partial charge in [-0.25, -0.2) is 0 Å². The second kappa shape index (κ2) is 9.03. The summed E-state index contributed by atoms with van der Waals surface area (Å²) in [5.41, 5.74) is 1.88. The van der Waals surface area contributed by atoms with Crippen LogP contribution < -0.4 is 10.6 Å². The minimum Gasteiger partial charge on any atom is -0.354 e. The van der Waals surface area contributed by atoms with Gasteiger partial charge in [0.15, 0.2) is 0 Å². The van der Waals surface area contributed by atoms with E-state index >= 15 is 0 Å². The van der Waals surface area contributed by atoms with Gasteiger partial charge in [0, 0.05) is 12.2 Å². The Morgan fingerprint density at radius 2 is 1.86 bits per heavy atom. The highest BCUT2D eigenvalue weighted by molar-refractivity contribution is 8.00. The first kappa shape index (κ1) is 17.1. The smallest absolute Gasteiger partial charge is 0.234 e. The summed E-state index contributed by atoms with van der Waals surface area (Å²) in [6.45, 7) is 4.06. The van der Waals surface area contributed by atoms with Gasteiger partial charge in [0.1, 0.15) is 0 Å². The summed E-state index contributed by atoms with van der Waals surface area (Å²) in [5, 5.41) is 14.0. The van der Waals surface area contributed by atoms with Gasteiger partial charge >= 0.3 is 0 Å². The summed E-state index contributed by atoms with van der Waals surface area (Å²) in [4.78, 5) is 23.2. The Morgan fingerprint density at radius 3 is 2.48 bits per heavy atom. The van der Waals surface area contributed by atoms with Crippen LogP contribution in [-0.2, 0) is 9.59 Å². The SMILES string of the molecule is Cc1ccc(NC(=O)CSCC(=O)NC[C@@H](C)C#N)cc1. The number of carbonyl (C=O) groups is 2. The molecule has 1 aromatic rings. The van der Waals surface area contributed by atoms with Crippen LogP contribution in [0.5, 0.6) is 0 Å². The summed E-state index contributed by atoms with van der Waals surface area (Å²) in [6, 6.07) is 9.57. The highest BCUT2D eigenvalue weighted by Gasteiger charge is 2.07. The van der Waals surface area contributed by atoms with Crippen LogP contribution in [-0.4, -0.2) is 29.9 Å². The molecule has 2 N–H and O–H groups in total. The number of benzene rings is 1. The molecule has 6 heteroatoms. The highest BCUT2D eigenvalue weighted by atomic mass is 32.2. The maximum Gasteiger partial charge on any atom is 0.234 e. The van der Waals surface area contributed by atoms with E-state index in [1.807, 2.05) is 37.3 Å². The molecule has 21 heavy (non-hydrogen) atoms. The number of amides is 2. The number of nitrogens with one attached hydrogen (secondary N) is 2. The zero-order valence-corrected chi connectivity index (χ0v) is 13.0. The zero-order chi connectivity index (χ0) is 15.7. The van der Waals surface area contributed by atoms with Gasteiger partial charge < -0.3 is 10.6 Å². The van der Waals surface area contributed by atoms with Crippen molar-refractivity contribution in [3.63, 3.8) is 0 Å². The minimum atomic E-state index is -0.205. The summed E-state index contributed by atoms with van der Waals surface area (Å²) < 4.78 is 0. The molecule has 0 aliphatic heterocycles. The monoisotopic (exact) mass is 305 g/mol. The van der Waals surface area contributed by atoms with E-state index in [2.05, 4.69) is 10.6 Å². The molecular formula is C15H19N3O2S. The van der Waals surface area contributed by atoms with Crippen LogP contribution in [0.4, 0.5) is 5.69 Å². The van der Waals surface area contributed by atoms with Crippen molar-refractivity contribution < 1.29 is 9.59 Å². The number of thioether (sulfide) groups is 1. The lowest BCUT2D eigenvalue weighted by molar-refractivity contribution is -0.118. The van der Waals surface area contributed by atoms with Crippen LogP contribution in [0.1, 0.15) is 12.5 Å². The maximum absolute atomic E-state index is 11.7. The van der Waals surface area contributed by atoms with Crippen molar-refractivity contribution in [2.24, 2.45) is 5.92 Å². The number of hydrogen-bond donors (Lipinski definition) is 2. The molecule has 0 unspecified atom stereocenters. The lowest BCUT2D eigenvalue weighted by Gasteiger charge is -2.07. The van der Waals surface area contributed by atoms with Gasteiger partial charge in [-0.2, -0.15) is 5.26 Å². The van der Waals surface area contributed by atoms with Gasteiger partial charge in [0.25, 0.3) is 0 Å². The molecule has 1 rings (SSSR count). The summed E-state index contributed by atoms with van der Waals surface area (Å²) in [5.74, 6) is -0.0785. The first-order valence-electron chi connectivity index (χ1n) is 6.62. The lowest BCUT2D eigenvalue weighted by atomic mass is 10.2. The predicted octanol–water partition coefficient (Wildman–Crippen LogP) is 1.94. The molecule has 0 saturated carbocycles. The van der Waals surface area contributed by atoms with Gasteiger partial charge in [-0.3, -0.25) is 9.59 Å². The molecule has 0 aromatic heterocycles. The molecule has 0 fully saturated rings. The Labute approximate surface area is 129 Å². The molecule has 0 heterocycles. The van der Waals surface area contributed by atoms with Crippen molar-refractivity contribution in [2.45, 2.75) is 13.8 Å². The number of nitriles is 1. The second-order valence-corrected chi connectivity index (χ2v) is 5.73. The zero-order valence-electron chi connectivity index (χ0n) is 12.2. The van der Waals surface area contributed by atoms with Crippen LogP contribution in [0, 0.1) is 24.2 Å². The van der Waals surface area contributed by atoms with E-state index in [1.54, 1.807) is 6.92 Å². The molecule has 1 aromatic carbocycles. The van der Waals surface area contributed by atoms with Crippen molar-refractivity contribution in [1.82, 2.24) is 5.32 Å². The van der Waals surface area contributed by atoms with Crippen molar-refractivity contribution in [3.8, 4) is 6.07 Å². The Balaban J connectivity index is 2.20. The molecule has 1 atom stereocenters. The molecule has 112 valence electrons. The average molecular weight is 305 g/mol. The van der Waals surface area contributed by atoms with E-state index < -0.39 is 0 Å². The Kier molecular flexibility index (Phi) is 7.33. The van der Waals surface area contributed by atoms with E-state index in [0.29, 0.717) is 6.54 Å². The third-order valence-corrected chi connectivity index (χ3v) is 3.56. The molecule has 0 aliphatic carbocycles. The second-order valence-electron chi connectivity index (χ2n) is 4.74. The molecule has 0 saturated heterocycles. The molecule has 2 amide bonds. The maximum atomic E-state index is 11.7. The fraction of sp³-hybridized carbons (Fsp3) is 0.400. The highest BCUT2D eigenvalue weighted by Crippen LogP contribution is 2.09. The molecule has 0 spiro atoms. The van der Waals surface area contributed by atoms with Crippen LogP contribution in [0.3, 0.4) is 0 Å². The van der Waals surface area contributed by atoms with Crippen molar-refractivity contribution in [2.75, 3.05) is 23.4 Å². The number of aryl methyl sites for hydroxylation is 1. The quantitative estimate of drug-likeness (QED) is 0.806. The summed E-state index contributed by atoms with van der Waals surface area (Å²) in [7, 11) is 0. The van der Waals surface area contributed by atoms with E-state index in [9.17, 15) is 9.59 Å². The van der Waals surface area contributed by atoms with Gasteiger partial charge in [-0.1, -0.05) is 17.7 Å². The number of hydrogen-bond acceptors (Lipinski definition) is 4. The molecule has 0 radical (unpaired) electrons. The van der Waals surface area contributed by atoms with Crippen molar-refractivity contribution >= 4 is 29.3 Å². The average Bonchev–Trinajstić information content (AvgIpc) is 2.47. The molecular weight excluding hydrogens is 286 g/mol. The van der Waals surface area contributed by atoms with Crippen LogP contribution in [0.15, 0.2) is 24.3 Å². The minimum absolute atomic E-state index is 0.137. The van der Waals surface area contributed by atoms with E-state index in [-0.39, 0.29) is 29.2 Å². The number of anilines is 1. The summed E-state index contributed by atoms with van der Waals surface area (Å²) in [6.07, 6.45) is 0. The topological polar surface area (TPSA) is 82.0 Å². The van der Waals surface area contributed by atoms with Gasteiger partial charge in [-0.15, -0.1) is 11.8 Å². The van der Waals surface area contributed by atoms with Gasteiger partial charge in [0.2, 0.25) is 11.8 Å². The van der Waals surface area contributed by atoms with Crippen molar-refractivity contribution in [1.29, 1.82) is 5.26 Å². The number of rotatable bonds is 7. The molecule has 0 bridgehead atoms. The summed E-state index contributed by atoms with van der Waals surface area (Å²) >= 11 is 1.24. The van der Waals surface area contributed by atoms with Crippen LogP contribution in [0.2, 0.25) is 0 Å². The largest absolute Gasteiger partial charge is 0.354 e. The predicted molar refractivity (Wildman–Crippen MR) is 84.9 cm³/mol. The normalized spacial score (nSPS) is 11.3. The van der Waals surface area contributed by atoms with Crippen LogP contribution in [0.25, 0.3) is 0 Å². The fourth-order valence-corrected chi connectivity index (χ4v) is 2.08. The third-order valence-electron chi connectivity index (χ3n) is 2.63. The van der Waals surface area contributed by atoms with Gasteiger partial charge in [0.05, 0.1) is 23.5 Å². The van der Waals surface area contributed by atoms with Crippen LogP contribution >= 0.6 is 11.8 Å². The Morgan fingerprint density at radius 1 is 1.24 bits per heavy atom. The Bertz CT molecular complexity index is 523. The Hall–Kier alpha value is -2.00. The van der Waals surface area contributed by atoms with E-state index in [4.69, 9.17) is 5.26 Å². The first-order valence-corrected chi connectivity index (χ1v) is 7.77. The van der Waals surface area contributed by atoms with Gasteiger partial charge in [-0.05, 0) is 26.0 Å².